The number of benzene rings is 7. The van der Waals surface area contributed by atoms with Crippen LogP contribution in [-0.4, -0.2) is 15.0 Å². The van der Waals surface area contributed by atoms with E-state index in [0.717, 1.165) is 68.2 Å². The summed E-state index contributed by atoms with van der Waals surface area (Å²) in [5.74, 6) is 1.85. The molecular formula is C47H31N3O. The molecular weight excluding hydrogens is 623 g/mol. The number of aromatic nitrogens is 3. The number of fused-ring (bicyclic) bond motifs is 6. The standard InChI is InChI=1S/C47H31N3O/c1-3-11-30(12-4-1)31-19-24-35(25-20-31)46-48-45(34-14-5-2-6-15-34)49-47(50-46)40-28-27-38(44-43(40)39-17-9-10-18-42(39)51-44)36-26-23-33-22-21-32-13-7-8-16-37(32)41(33)29-36/h1-20,23-29H,21-22H2. The summed E-state index contributed by atoms with van der Waals surface area (Å²) >= 11 is 0. The summed E-state index contributed by atoms with van der Waals surface area (Å²) in [6.07, 6.45) is 2.12. The lowest BCUT2D eigenvalue weighted by Crippen LogP contribution is -2.03. The first-order valence-electron chi connectivity index (χ1n) is 17.4. The van der Waals surface area contributed by atoms with E-state index in [2.05, 4.69) is 115 Å². The van der Waals surface area contributed by atoms with Crippen molar-refractivity contribution in [3.8, 4) is 67.5 Å². The molecule has 7 aromatic carbocycles. The number of rotatable bonds is 5. The first-order chi connectivity index (χ1) is 25.3. The zero-order valence-electron chi connectivity index (χ0n) is 27.8. The molecule has 4 nitrogen and oxygen atoms in total. The minimum atomic E-state index is 0.605. The highest BCUT2D eigenvalue weighted by Gasteiger charge is 2.22. The van der Waals surface area contributed by atoms with Crippen molar-refractivity contribution in [1.82, 2.24) is 15.0 Å². The number of furan rings is 1. The van der Waals surface area contributed by atoms with Crippen molar-refractivity contribution < 1.29 is 4.42 Å². The highest BCUT2D eigenvalue weighted by atomic mass is 16.3. The molecule has 0 bridgehead atoms. The molecule has 0 fully saturated rings. The molecule has 51 heavy (non-hydrogen) atoms. The Labute approximate surface area is 295 Å². The molecule has 1 aliphatic carbocycles. The summed E-state index contributed by atoms with van der Waals surface area (Å²) in [5.41, 5.74) is 14.3. The van der Waals surface area contributed by atoms with Gasteiger partial charge in [0.1, 0.15) is 11.2 Å². The molecule has 2 aromatic heterocycles. The predicted octanol–water partition coefficient (Wildman–Crippen LogP) is 11.9. The quantitative estimate of drug-likeness (QED) is 0.185. The van der Waals surface area contributed by atoms with Crippen LogP contribution in [0.3, 0.4) is 0 Å². The van der Waals surface area contributed by atoms with Crippen LogP contribution in [0.25, 0.3) is 89.5 Å². The van der Waals surface area contributed by atoms with Gasteiger partial charge in [0.15, 0.2) is 17.5 Å². The van der Waals surface area contributed by atoms with E-state index >= 15 is 0 Å². The molecule has 0 saturated carbocycles. The lowest BCUT2D eigenvalue weighted by Gasteiger charge is -2.20. The molecule has 0 radical (unpaired) electrons. The van der Waals surface area contributed by atoms with Crippen molar-refractivity contribution in [2.24, 2.45) is 0 Å². The lowest BCUT2D eigenvalue weighted by atomic mass is 9.84. The third-order valence-electron chi connectivity index (χ3n) is 10.1. The van der Waals surface area contributed by atoms with E-state index in [1.165, 1.54) is 27.8 Å². The van der Waals surface area contributed by atoms with Crippen LogP contribution in [0.4, 0.5) is 0 Å². The van der Waals surface area contributed by atoms with Crippen LogP contribution in [0.5, 0.6) is 0 Å². The van der Waals surface area contributed by atoms with Crippen LogP contribution < -0.4 is 0 Å². The van der Waals surface area contributed by atoms with Crippen LogP contribution >= 0.6 is 0 Å². The average molecular weight is 654 g/mol. The van der Waals surface area contributed by atoms with Crippen LogP contribution in [0.15, 0.2) is 168 Å². The van der Waals surface area contributed by atoms with Gasteiger partial charge in [0, 0.05) is 33.0 Å². The van der Waals surface area contributed by atoms with Crippen LogP contribution in [0.2, 0.25) is 0 Å². The summed E-state index contributed by atoms with van der Waals surface area (Å²) in [6.45, 7) is 0. The van der Waals surface area contributed by atoms with Crippen molar-refractivity contribution in [2.75, 3.05) is 0 Å². The molecule has 0 saturated heterocycles. The molecule has 0 aliphatic heterocycles. The Kier molecular flexibility index (Phi) is 6.91. The monoisotopic (exact) mass is 653 g/mol. The maximum Gasteiger partial charge on any atom is 0.164 e. The highest BCUT2D eigenvalue weighted by Crippen LogP contribution is 2.43. The smallest absolute Gasteiger partial charge is 0.164 e. The minimum absolute atomic E-state index is 0.605. The van der Waals surface area contributed by atoms with Crippen molar-refractivity contribution in [3.05, 3.63) is 175 Å². The van der Waals surface area contributed by atoms with E-state index in [-0.39, 0.29) is 0 Å². The van der Waals surface area contributed by atoms with Gasteiger partial charge in [-0.3, -0.25) is 0 Å². The first-order valence-corrected chi connectivity index (χ1v) is 17.4. The zero-order chi connectivity index (χ0) is 33.7. The van der Waals surface area contributed by atoms with Gasteiger partial charge in [-0.15, -0.1) is 0 Å². The lowest BCUT2D eigenvalue weighted by molar-refractivity contribution is 0.670. The van der Waals surface area contributed by atoms with Crippen molar-refractivity contribution in [2.45, 2.75) is 12.8 Å². The largest absolute Gasteiger partial charge is 0.455 e. The molecule has 4 heteroatoms. The molecule has 1 aliphatic rings. The van der Waals surface area contributed by atoms with E-state index in [1.807, 2.05) is 48.5 Å². The maximum atomic E-state index is 6.73. The average Bonchev–Trinajstić information content (AvgIpc) is 3.61. The van der Waals surface area contributed by atoms with E-state index in [4.69, 9.17) is 19.4 Å². The molecule has 9 aromatic rings. The van der Waals surface area contributed by atoms with E-state index in [0.29, 0.717) is 17.5 Å². The maximum absolute atomic E-state index is 6.73. The fraction of sp³-hybridized carbons (Fsp3) is 0.0426. The Morgan fingerprint density at radius 3 is 1.71 bits per heavy atom. The molecule has 0 spiro atoms. The molecule has 0 unspecified atom stereocenters. The molecule has 2 heterocycles. The number of hydrogen-bond donors (Lipinski definition) is 0. The Morgan fingerprint density at radius 2 is 0.922 bits per heavy atom. The van der Waals surface area contributed by atoms with Crippen molar-refractivity contribution in [3.63, 3.8) is 0 Å². The van der Waals surface area contributed by atoms with Crippen LogP contribution in [0.1, 0.15) is 11.1 Å². The third-order valence-corrected chi connectivity index (χ3v) is 10.1. The van der Waals surface area contributed by atoms with Crippen LogP contribution in [0, 0.1) is 0 Å². The van der Waals surface area contributed by atoms with Crippen molar-refractivity contribution in [1.29, 1.82) is 0 Å². The molecule has 0 N–H and O–H groups in total. The van der Waals surface area contributed by atoms with Gasteiger partial charge >= 0.3 is 0 Å². The minimum Gasteiger partial charge on any atom is -0.455 e. The summed E-state index contributed by atoms with van der Waals surface area (Å²) in [6, 6.07) is 57.2. The molecule has 240 valence electrons. The first kappa shape index (κ1) is 29.3. The van der Waals surface area contributed by atoms with Crippen LogP contribution in [-0.2, 0) is 12.8 Å². The van der Waals surface area contributed by atoms with Gasteiger partial charge in [-0.05, 0) is 76.1 Å². The number of hydrogen-bond acceptors (Lipinski definition) is 4. The zero-order valence-corrected chi connectivity index (χ0v) is 27.8. The summed E-state index contributed by atoms with van der Waals surface area (Å²) in [4.78, 5) is 15.3. The number of para-hydroxylation sites is 1. The van der Waals surface area contributed by atoms with Gasteiger partial charge in [-0.2, -0.15) is 0 Å². The molecule has 10 rings (SSSR count). The summed E-state index contributed by atoms with van der Waals surface area (Å²) < 4.78 is 6.73. The predicted molar refractivity (Wildman–Crippen MR) is 207 cm³/mol. The summed E-state index contributed by atoms with van der Waals surface area (Å²) in [5, 5.41) is 2.03. The second-order valence-electron chi connectivity index (χ2n) is 13.1. The van der Waals surface area contributed by atoms with E-state index in [1.54, 1.807) is 0 Å². The van der Waals surface area contributed by atoms with Gasteiger partial charge in [0.05, 0.1) is 0 Å². The van der Waals surface area contributed by atoms with E-state index in [9.17, 15) is 0 Å². The van der Waals surface area contributed by atoms with Gasteiger partial charge < -0.3 is 4.42 Å². The Hall–Kier alpha value is -6.65. The number of nitrogens with zero attached hydrogens (tertiary/aromatic N) is 3. The topological polar surface area (TPSA) is 51.8 Å². The fourth-order valence-electron chi connectivity index (χ4n) is 7.51. The Morgan fingerprint density at radius 1 is 0.373 bits per heavy atom. The highest BCUT2D eigenvalue weighted by molar-refractivity contribution is 6.16. The third kappa shape index (κ3) is 5.12. The SMILES string of the molecule is c1ccc(-c2ccc(-c3nc(-c4ccccc4)nc(-c4ccc(-c5ccc6c(c5)-c5ccccc5CC6)c5oc6ccccc6c45)n3)cc2)cc1. The van der Waals surface area contributed by atoms with Gasteiger partial charge in [0.25, 0.3) is 0 Å². The molecule has 0 atom stereocenters. The second kappa shape index (κ2) is 12.0. The van der Waals surface area contributed by atoms with Gasteiger partial charge in [-0.1, -0.05) is 140 Å². The fourth-order valence-corrected chi connectivity index (χ4v) is 7.51. The van der Waals surface area contributed by atoms with Crippen molar-refractivity contribution >= 4 is 21.9 Å². The van der Waals surface area contributed by atoms with Gasteiger partial charge in [0.2, 0.25) is 0 Å². The molecule has 0 amide bonds. The number of aryl methyl sites for hydroxylation is 2. The Bertz CT molecular complexity index is 2730. The van der Waals surface area contributed by atoms with Gasteiger partial charge in [-0.25, -0.2) is 15.0 Å². The normalized spacial score (nSPS) is 12.2. The second-order valence-corrected chi connectivity index (χ2v) is 13.1. The Balaban J connectivity index is 1.16. The summed E-state index contributed by atoms with van der Waals surface area (Å²) in [7, 11) is 0. The van der Waals surface area contributed by atoms with E-state index < -0.39 is 0 Å².